The van der Waals surface area contributed by atoms with Crippen LogP contribution >= 0.6 is 11.3 Å². The molecule has 0 bridgehead atoms. The fourth-order valence-corrected chi connectivity index (χ4v) is 3.78. The van der Waals surface area contributed by atoms with Crippen LogP contribution in [0.2, 0.25) is 0 Å². The molecule has 6 heteroatoms. The zero-order valence-electron chi connectivity index (χ0n) is 14.6. The quantitative estimate of drug-likeness (QED) is 0.816. The molecule has 1 amide bonds. The zero-order valence-corrected chi connectivity index (χ0v) is 15.4. The third kappa shape index (κ3) is 3.86. The molecule has 0 aromatic carbocycles. The average Bonchev–Trinajstić information content (AvgIpc) is 3.26. The highest BCUT2D eigenvalue weighted by molar-refractivity contribution is 7.07. The minimum atomic E-state index is -0.110. The van der Waals surface area contributed by atoms with Gasteiger partial charge in [-0.05, 0) is 41.7 Å². The Morgan fingerprint density at radius 3 is 2.96 bits per heavy atom. The van der Waals surface area contributed by atoms with Gasteiger partial charge >= 0.3 is 0 Å². The van der Waals surface area contributed by atoms with E-state index >= 15 is 0 Å². The van der Waals surface area contributed by atoms with E-state index < -0.39 is 0 Å². The number of carbonyl (C=O) groups excluding carboxylic acids is 1. The monoisotopic (exact) mass is 347 g/mol. The molecule has 1 aliphatic rings. The number of rotatable bonds is 5. The first kappa shape index (κ1) is 17.1. The number of aromatic nitrogens is 2. The molecule has 0 aliphatic carbocycles. The highest BCUT2D eigenvalue weighted by Crippen LogP contribution is 2.33. The Bertz CT molecular complexity index is 673. The number of nitrogens with zero attached hydrogens (tertiary/aromatic N) is 3. The van der Waals surface area contributed by atoms with Crippen LogP contribution in [0.15, 0.2) is 21.3 Å². The maximum atomic E-state index is 12.6. The molecule has 0 radical (unpaired) electrons. The summed E-state index contributed by atoms with van der Waals surface area (Å²) in [6.45, 7) is 7.05. The van der Waals surface area contributed by atoms with Gasteiger partial charge < -0.3 is 9.42 Å². The molecule has 0 saturated carbocycles. The largest absolute Gasteiger partial charge is 0.339 e. The van der Waals surface area contributed by atoms with Gasteiger partial charge in [0.25, 0.3) is 0 Å². The number of aryl methyl sites for hydroxylation is 1. The summed E-state index contributed by atoms with van der Waals surface area (Å²) in [6.07, 6.45) is 4.10. The van der Waals surface area contributed by atoms with E-state index in [9.17, 15) is 4.79 Å². The second-order valence-electron chi connectivity index (χ2n) is 7.42. The number of hydrogen-bond acceptors (Lipinski definition) is 5. The van der Waals surface area contributed by atoms with Gasteiger partial charge in [0, 0.05) is 24.8 Å². The van der Waals surface area contributed by atoms with Crippen molar-refractivity contribution in [2.24, 2.45) is 0 Å². The SMILES string of the molecule is CC(C)(C)c1noc(CCCC(=O)N2CCC[C@@H]2c2ccsc2)n1. The molecule has 0 unspecified atom stereocenters. The van der Waals surface area contributed by atoms with Gasteiger partial charge in [-0.1, -0.05) is 25.9 Å². The molecule has 1 atom stereocenters. The van der Waals surface area contributed by atoms with Gasteiger partial charge in [-0.2, -0.15) is 16.3 Å². The Balaban J connectivity index is 1.51. The molecule has 1 fully saturated rings. The molecule has 0 spiro atoms. The van der Waals surface area contributed by atoms with Crippen molar-refractivity contribution in [2.75, 3.05) is 6.54 Å². The second-order valence-corrected chi connectivity index (χ2v) is 8.20. The van der Waals surface area contributed by atoms with E-state index in [1.807, 2.05) is 4.90 Å². The molecule has 3 rings (SSSR count). The van der Waals surface area contributed by atoms with Crippen LogP contribution in [-0.2, 0) is 16.6 Å². The highest BCUT2D eigenvalue weighted by Gasteiger charge is 2.29. The van der Waals surface area contributed by atoms with E-state index in [4.69, 9.17) is 4.52 Å². The average molecular weight is 347 g/mol. The minimum absolute atomic E-state index is 0.110. The van der Waals surface area contributed by atoms with Gasteiger partial charge in [0.15, 0.2) is 5.82 Å². The maximum absolute atomic E-state index is 12.6. The number of hydrogen-bond donors (Lipinski definition) is 0. The van der Waals surface area contributed by atoms with Crippen molar-refractivity contribution in [3.63, 3.8) is 0 Å². The molecule has 130 valence electrons. The van der Waals surface area contributed by atoms with E-state index in [2.05, 4.69) is 47.7 Å². The van der Waals surface area contributed by atoms with Crippen molar-refractivity contribution in [2.45, 2.75) is 64.3 Å². The molecule has 5 nitrogen and oxygen atoms in total. The summed E-state index contributed by atoms with van der Waals surface area (Å²) in [5.74, 6) is 1.59. The summed E-state index contributed by atoms with van der Waals surface area (Å²) >= 11 is 1.69. The fraction of sp³-hybridized carbons (Fsp3) is 0.611. The smallest absolute Gasteiger partial charge is 0.226 e. The lowest BCUT2D eigenvalue weighted by atomic mass is 9.96. The molecule has 24 heavy (non-hydrogen) atoms. The first-order chi connectivity index (χ1) is 11.4. The molecule has 1 aliphatic heterocycles. The van der Waals surface area contributed by atoms with Crippen LogP contribution < -0.4 is 0 Å². The van der Waals surface area contributed by atoms with Crippen LogP contribution in [0.1, 0.15) is 69.8 Å². The number of carbonyl (C=O) groups is 1. The Labute approximate surface area is 147 Å². The predicted octanol–water partition coefficient (Wildman–Crippen LogP) is 4.12. The van der Waals surface area contributed by atoms with Crippen LogP contribution in [0.3, 0.4) is 0 Å². The van der Waals surface area contributed by atoms with E-state index in [1.165, 1.54) is 5.56 Å². The Morgan fingerprint density at radius 2 is 2.29 bits per heavy atom. The zero-order chi connectivity index (χ0) is 17.2. The second kappa shape index (κ2) is 7.05. The highest BCUT2D eigenvalue weighted by atomic mass is 32.1. The third-order valence-electron chi connectivity index (χ3n) is 4.42. The fourth-order valence-electron chi connectivity index (χ4n) is 3.07. The lowest BCUT2D eigenvalue weighted by Gasteiger charge is -2.24. The van der Waals surface area contributed by atoms with E-state index in [0.29, 0.717) is 18.7 Å². The summed E-state index contributed by atoms with van der Waals surface area (Å²) in [5, 5.41) is 8.27. The van der Waals surface area contributed by atoms with E-state index in [-0.39, 0.29) is 17.4 Å². The third-order valence-corrected chi connectivity index (χ3v) is 5.12. The number of amides is 1. The lowest BCUT2D eigenvalue weighted by molar-refractivity contribution is -0.132. The Hall–Kier alpha value is -1.69. The standard InChI is InChI=1S/C18H25N3O2S/c1-18(2,3)17-19-15(23-20-17)7-4-8-16(22)21-10-5-6-14(21)13-9-11-24-12-13/h9,11-12,14H,4-8,10H2,1-3H3/t14-/m1/s1. The molecule has 1 saturated heterocycles. The molecule has 2 aromatic rings. The summed E-state index contributed by atoms with van der Waals surface area (Å²) in [7, 11) is 0. The lowest BCUT2D eigenvalue weighted by Crippen LogP contribution is -2.30. The summed E-state index contributed by atoms with van der Waals surface area (Å²) in [6, 6.07) is 2.40. The van der Waals surface area contributed by atoms with Crippen molar-refractivity contribution < 1.29 is 9.32 Å². The molecule has 2 aromatic heterocycles. The molecular formula is C18H25N3O2S. The van der Waals surface area contributed by atoms with Crippen molar-refractivity contribution in [3.8, 4) is 0 Å². The van der Waals surface area contributed by atoms with Crippen LogP contribution in [0.25, 0.3) is 0 Å². The van der Waals surface area contributed by atoms with E-state index in [1.54, 1.807) is 11.3 Å². The van der Waals surface area contributed by atoms with Crippen LogP contribution in [0.4, 0.5) is 0 Å². The maximum Gasteiger partial charge on any atom is 0.226 e. The van der Waals surface area contributed by atoms with Crippen molar-refractivity contribution >= 4 is 17.2 Å². The van der Waals surface area contributed by atoms with Crippen molar-refractivity contribution in [3.05, 3.63) is 34.1 Å². The van der Waals surface area contributed by atoms with Gasteiger partial charge in [-0.15, -0.1) is 0 Å². The Kier molecular flexibility index (Phi) is 5.04. The van der Waals surface area contributed by atoms with E-state index in [0.717, 1.165) is 31.6 Å². The van der Waals surface area contributed by atoms with Gasteiger partial charge in [-0.25, -0.2) is 0 Å². The summed E-state index contributed by atoms with van der Waals surface area (Å²) in [4.78, 5) is 19.0. The minimum Gasteiger partial charge on any atom is -0.339 e. The first-order valence-electron chi connectivity index (χ1n) is 8.60. The Morgan fingerprint density at radius 1 is 1.46 bits per heavy atom. The van der Waals surface area contributed by atoms with Crippen molar-refractivity contribution in [1.82, 2.24) is 15.0 Å². The number of likely N-dealkylation sites (tertiary alicyclic amines) is 1. The van der Waals surface area contributed by atoms with Crippen LogP contribution in [0, 0.1) is 0 Å². The summed E-state index contributed by atoms with van der Waals surface area (Å²) in [5.41, 5.74) is 1.17. The molecule has 0 N–H and O–H groups in total. The van der Waals surface area contributed by atoms with Gasteiger partial charge in [0.1, 0.15) is 0 Å². The van der Waals surface area contributed by atoms with Gasteiger partial charge in [0.2, 0.25) is 11.8 Å². The molecule has 3 heterocycles. The predicted molar refractivity (Wildman–Crippen MR) is 93.9 cm³/mol. The van der Waals surface area contributed by atoms with Crippen molar-refractivity contribution in [1.29, 1.82) is 0 Å². The number of thiophene rings is 1. The van der Waals surface area contributed by atoms with Crippen LogP contribution in [-0.4, -0.2) is 27.5 Å². The normalized spacial score (nSPS) is 18.3. The van der Waals surface area contributed by atoms with Gasteiger partial charge in [-0.3, -0.25) is 4.79 Å². The van der Waals surface area contributed by atoms with Gasteiger partial charge in [0.05, 0.1) is 6.04 Å². The molecular weight excluding hydrogens is 322 g/mol. The topological polar surface area (TPSA) is 59.2 Å². The summed E-state index contributed by atoms with van der Waals surface area (Å²) < 4.78 is 5.29. The first-order valence-corrected chi connectivity index (χ1v) is 9.54. The van der Waals surface area contributed by atoms with Crippen LogP contribution in [0.5, 0.6) is 0 Å².